The minimum atomic E-state index is 0.523. The summed E-state index contributed by atoms with van der Waals surface area (Å²) in [5.74, 6) is 4.85. The summed E-state index contributed by atoms with van der Waals surface area (Å²) < 4.78 is 0. The van der Waals surface area contributed by atoms with Gasteiger partial charge in [-0.15, -0.1) is 0 Å². The highest BCUT2D eigenvalue weighted by Gasteiger charge is 2.29. The third-order valence-electron chi connectivity index (χ3n) is 4.14. The Bertz CT molecular complexity index is 474. The fourth-order valence-electron chi connectivity index (χ4n) is 2.60. The maximum Gasteiger partial charge on any atom is 0.137 e. The molecule has 118 valence electrons. The Morgan fingerprint density at radius 2 is 2.05 bits per heavy atom. The van der Waals surface area contributed by atoms with Gasteiger partial charge in [0.15, 0.2) is 0 Å². The Hall–Kier alpha value is -0.970. The fourth-order valence-corrected chi connectivity index (χ4v) is 3.44. The Labute approximate surface area is 133 Å². The molecule has 2 rings (SSSR count). The minimum Gasteiger partial charge on any atom is -0.370 e. The molecule has 1 aliphatic rings. The van der Waals surface area contributed by atoms with Crippen molar-refractivity contribution in [3.63, 3.8) is 0 Å². The van der Waals surface area contributed by atoms with Crippen molar-refractivity contribution in [3.8, 4) is 0 Å². The van der Waals surface area contributed by atoms with E-state index in [0.29, 0.717) is 12.0 Å². The van der Waals surface area contributed by atoms with Crippen LogP contribution in [0.25, 0.3) is 0 Å². The quantitative estimate of drug-likeness (QED) is 0.793. The molecule has 1 N–H and O–H groups in total. The van der Waals surface area contributed by atoms with E-state index in [2.05, 4.69) is 44.3 Å². The van der Waals surface area contributed by atoms with Crippen molar-refractivity contribution in [2.45, 2.75) is 52.0 Å². The van der Waals surface area contributed by atoms with Crippen LogP contribution in [0.5, 0.6) is 0 Å². The summed E-state index contributed by atoms with van der Waals surface area (Å²) in [6.07, 6.45) is 5.78. The molecule has 0 amide bonds. The summed E-state index contributed by atoms with van der Waals surface area (Å²) in [7, 11) is 2.17. The van der Waals surface area contributed by atoms with Crippen molar-refractivity contribution in [3.05, 3.63) is 11.4 Å². The van der Waals surface area contributed by atoms with Gasteiger partial charge >= 0.3 is 0 Å². The SMILES string of the molecule is CCNc1nc(C2CC2)nc(N(C)C(CC)CSC)c1C. The van der Waals surface area contributed by atoms with Crippen molar-refractivity contribution in [1.29, 1.82) is 0 Å². The van der Waals surface area contributed by atoms with Gasteiger partial charge in [0.05, 0.1) is 0 Å². The molecule has 1 aliphatic carbocycles. The molecule has 0 radical (unpaired) electrons. The predicted octanol–water partition coefficient (Wildman–Crippen LogP) is 3.67. The van der Waals surface area contributed by atoms with Crippen molar-refractivity contribution >= 4 is 23.4 Å². The van der Waals surface area contributed by atoms with Crippen molar-refractivity contribution in [1.82, 2.24) is 9.97 Å². The van der Waals surface area contributed by atoms with Gasteiger partial charge in [-0.2, -0.15) is 11.8 Å². The zero-order chi connectivity index (χ0) is 15.4. The first-order valence-electron chi connectivity index (χ1n) is 7.96. The van der Waals surface area contributed by atoms with Gasteiger partial charge in [-0.1, -0.05) is 6.92 Å². The van der Waals surface area contributed by atoms with Gasteiger partial charge in [0.25, 0.3) is 0 Å². The van der Waals surface area contributed by atoms with Gasteiger partial charge in [-0.3, -0.25) is 0 Å². The largest absolute Gasteiger partial charge is 0.370 e. The number of nitrogens with zero attached hydrogens (tertiary/aromatic N) is 3. The van der Waals surface area contributed by atoms with Gasteiger partial charge in [0, 0.05) is 36.9 Å². The van der Waals surface area contributed by atoms with E-state index in [0.717, 1.165) is 36.2 Å². The molecule has 0 aromatic carbocycles. The molecule has 0 saturated heterocycles. The average Bonchev–Trinajstić information content (AvgIpc) is 3.31. The van der Waals surface area contributed by atoms with Crippen LogP contribution in [0.1, 0.15) is 50.4 Å². The minimum absolute atomic E-state index is 0.523. The lowest BCUT2D eigenvalue weighted by molar-refractivity contribution is 0.660. The summed E-state index contributed by atoms with van der Waals surface area (Å²) >= 11 is 1.90. The number of anilines is 2. The summed E-state index contributed by atoms with van der Waals surface area (Å²) in [4.78, 5) is 12.0. The Morgan fingerprint density at radius 3 is 2.57 bits per heavy atom. The van der Waals surface area contributed by atoms with Gasteiger partial charge < -0.3 is 10.2 Å². The molecule has 1 fully saturated rings. The first-order chi connectivity index (χ1) is 10.1. The lowest BCUT2D eigenvalue weighted by Gasteiger charge is -2.30. The molecule has 1 atom stereocenters. The second-order valence-corrected chi connectivity index (χ2v) is 6.72. The molecule has 1 saturated carbocycles. The molecule has 1 aromatic rings. The van der Waals surface area contributed by atoms with E-state index in [-0.39, 0.29) is 0 Å². The molecule has 1 aromatic heterocycles. The van der Waals surface area contributed by atoms with E-state index in [4.69, 9.17) is 9.97 Å². The molecule has 0 spiro atoms. The summed E-state index contributed by atoms with van der Waals surface area (Å²) in [6.45, 7) is 7.39. The normalized spacial score (nSPS) is 15.9. The molecule has 0 bridgehead atoms. The third kappa shape index (κ3) is 3.82. The van der Waals surface area contributed by atoms with E-state index in [1.165, 1.54) is 18.4 Å². The molecular weight excluding hydrogens is 280 g/mol. The Kier molecular flexibility index (Phi) is 5.73. The van der Waals surface area contributed by atoms with Crippen LogP contribution in [-0.2, 0) is 0 Å². The van der Waals surface area contributed by atoms with E-state index < -0.39 is 0 Å². The fraction of sp³-hybridized carbons (Fsp3) is 0.750. The first kappa shape index (κ1) is 16.4. The van der Waals surface area contributed by atoms with Crippen LogP contribution in [0.15, 0.2) is 0 Å². The van der Waals surface area contributed by atoms with Crippen LogP contribution in [0.3, 0.4) is 0 Å². The number of aromatic nitrogens is 2. The predicted molar refractivity (Wildman–Crippen MR) is 93.8 cm³/mol. The smallest absolute Gasteiger partial charge is 0.137 e. The van der Waals surface area contributed by atoms with Crippen LogP contribution in [0, 0.1) is 6.92 Å². The van der Waals surface area contributed by atoms with E-state index in [1.54, 1.807) is 0 Å². The van der Waals surface area contributed by atoms with E-state index >= 15 is 0 Å². The van der Waals surface area contributed by atoms with Crippen LogP contribution < -0.4 is 10.2 Å². The maximum atomic E-state index is 4.89. The standard InChI is InChI=1S/C16H28N4S/c1-6-13(10-21-5)20(4)16-11(3)14(17-7-2)18-15(19-16)12-8-9-12/h12-13H,6-10H2,1-5H3,(H,17,18,19). The average molecular weight is 308 g/mol. The van der Waals surface area contributed by atoms with Crippen LogP contribution in [0.4, 0.5) is 11.6 Å². The van der Waals surface area contributed by atoms with Crippen LogP contribution in [0.2, 0.25) is 0 Å². The molecular formula is C16H28N4S. The van der Waals surface area contributed by atoms with Crippen molar-refractivity contribution in [2.24, 2.45) is 0 Å². The second kappa shape index (κ2) is 7.34. The first-order valence-corrected chi connectivity index (χ1v) is 9.35. The van der Waals surface area contributed by atoms with Crippen molar-refractivity contribution in [2.75, 3.05) is 35.8 Å². The summed E-state index contributed by atoms with van der Waals surface area (Å²) in [5.41, 5.74) is 1.17. The summed E-state index contributed by atoms with van der Waals surface area (Å²) in [6, 6.07) is 0.523. The highest BCUT2D eigenvalue weighted by Crippen LogP contribution is 2.40. The highest BCUT2D eigenvalue weighted by molar-refractivity contribution is 7.98. The maximum absolute atomic E-state index is 4.89. The molecule has 1 unspecified atom stereocenters. The number of hydrogen-bond acceptors (Lipinski definition) is 5. The molecule has 1 heterocycles. The zero-order valence-corrected chi connectivity index (χ0v) is 14.8. The Morgan fingerprint density at radius 1 is 1.33 bits per heavy atom. The number of rotatable bonds is 8. The topological polar surface area (TPSA) is 41.1 Å². The number of hydrogen-bond donors (Lipinski definition) is 1. The molecule has 4 nitrogen and oxygen atoms in total. The molecule has 21 heavy (non-hydrogen) atoms. The van der Waals surface area contributed by atoms with Gasteiger partial charge in [0.2, 0.25) is 0 Å². The van der Waals surface area contributed by atoms with Crippen molar-refractivity contribution < 1.29 is 0 Å². The van der Waals surface area contributed by atoms with E-state index in [1.807, 2.05) is 11.8 Å². The zero-order valence-electron chi connectivity index (χ0n) is 13.9. The highest BCUT2D eigenvalue weighted by atomic mass is 32.2. The third-order valence-corrected chi connectivity index (χ3v) is 4.85. The van der Waals surface area contributed by atoms with Gasteiger partial charge in [0.1, 0.15) is 17.5 Å². The Balaban J connectivity index is 2.35. The lowest BCUT2D eigenvalue weighted by atomic mass is 10.2. The van der Waals surface area contributed by atoms with E-state index in [9.17, 15) is 0 Å². The molecule has 0 aliphatic heterocycles. The monoisotopic (exact) mass is 308 g/mol. The van der Waals surface area contributed by atoms with Crippen LogP contribution in [-0.4, -0.2) is 41.6 Å². The van der Waals surface area contributed by atoms with Crippen LogP contribution >= 0.6 is 11.8 Å². The van der Waals surface area contributed by atoms with Gasteiger partial charge in [-0.25, -0.2) is 9.97 Å². The molecule has 5 heteroatoms. The summed E-state index contributed by atoms with van der Waals surface area (Å²) in [5, 5.41) is 3.40. The second-order valence-electron chi connectivity index (χ2n) is 5.81. The number of thioether (sulfide) groups is 1. The number of nitrogens with one attached hydrogen (secondary N) is 1. The lowest BCUT2D eigenvalue weighted by Crippen LogP contribution is -2.34. The van der Waals surface area contributed by atoms with Gasteiger partial charge in [-0.05, 0) is 39.4 Å².